The minimum atomic E-state index is -5.09. The van der Waals surface area contributed by atoms with E-state index in [9.17, 15) is 18.0 Å². The van der Waals surface area contributed by atoms with Crippen molar-refractivity contribution in [2.45, 2.75) is 4.75 Å². The van der Waals surface area contributed by atoms with Crippen LogP contribution in [0.3, 0.4) is 0 Å². The Hall–Kier alpha value is -1.93. The molecule has 7 nitrogen and oxygen atoms in total. The first-order valence-electron chi connectivity index (χ1n) is 4.17. The molecule has 0 fully saturated rings. The summed E-state index contributed by atoms with van der Waals surface area (Å²) in [5.74, 6) is -3.46. The van der Waals surface area contributed by atoms with Crippen LogP contribution in [0.5, 0.6) is 0 Å². The lowest BCUT2D eigenvalue weighted by atomic mass is 9.88. The molecular weight excluding hydrogens is 252 g/mol. The van der Waals surface area contributed by atoms with Gasteiger partial charge in [-0.15, -0.1) is 0 Å². The van der Waals surface area contributed by atoms with E-state index in [-0.39, 0.29) is 0 Å². The molecule has 0 heterocycles. The van der Waals surface area contributed by atoms with E-state index in [0.717, 1.165) is 12.2 Å². The van der Waals surface area contributed by atoms with Gasteiger partial charge in [0.1, 0.15) is 0 Å². The fourth-order valence-electron chi connectivity index (χ4n) is 1.43. The van der Waals surface area contributed by atoms with Crippen LogP contribution < -0.4 is 0 Å². The summed E-state index contributed by atoms with van der Waals surface area (Å²) in [6.07, 6.45) is 2.59. The molecule has 1 unspecified atom stereocenters. The van der Waals surface area contributed by atoms with Crippen molar-refractivity contribution < 1.29 is 32.8 Å². The van der Waals surface area contributed by atoms with E-state index < -0.39 is 37.9 Å². The van der Waals surface area contributed by atoms with Crippen LogP contribution in [0.2, 0.25) is 0 Å². The molecular formula is C9H8O7S. The highest BCUT2D eigenvalue weighted by atomic mass is 32.2. The molecule has 0 spiro atoms. The zero-order valence-electron chi connectivity index (χ0n) is 8.32. The molecule has 1 atom stereocenters. The lowest BCUT2D eigenvalue weighted by Crippen LogP contribution is -2.48. The van der Waals surface area contributed by atoms with Gasteiger partial charge < -0.3 is 10.2 Å². The van der Waals surface area contributed by atoms with Crippen molar-refractivity contribution >= 4 is 22.1 Å². The molecule has 1 aliphatic carbocycles. The van der Waals surface area contributed by atoms with E-state index in [4.69, 9.17) is 14.8 Å². The summed E-state index contributed by atoms with van der Waals surface area (Å²) < 4.78 is 28.5. The minimum Gasteiger partial charge on any atom is -0.480 e. The van der Waals surface area contributed by atoms with Crippen LogP contribution in [-0.4, -0.2) is 39.9 Å². The molecule has 0 aliphatic heterocycles. The SMILES string of the molecule is C=C1C(C(=O)O)=CC=CC1(C(=O)O)S(=O)(=O)O. The topological polar surface area (TPSA) is 129 Å². The van der Waals surface area contributed by atoms with Crippen molar-refractivity contribution in [2.24, 2.45) is 0 Å². The Balaban J connectivity index is 3.56. The number of allylic oxidation sites excluding steroid dienone is 2. The van der Waals surface area contributed by atoms with E-state index in [2.05, 4.69) is 6.58 Å². The maximum atomic E-state index is 11.2. The van der Waals surface area contributed by atoms with Crippen molar-refractivity contribution in [3.05, 3.63) is 36.0 Å². The maximum absolute atomic E-state index is 11.2. The summed E-state index contributed by atoms with van der Waals surface area (Å²) >= 11 is 0. The largest absolute Gasteiger partial charge is 0.480 e. The van der Waals surface area contributed by atoms with E-state index in [1.807, 2.05) is 0 Å². The molecule has 0 aromatic heterocycles. The molecule has 8 heteroatoms. The quantitative estimate of drug-likeness (QED) is 0.601. The minimum absolute atomic E-state index is 0.590. The summed E-state index contributed by atoms with van der Waals surface area (Å²) in [5.41, 5.74) is -1.31. The van der Waals surface area contributed by atoms with Gasteiger partial charge in [-0.25, -0.2) is 9.59 Å². The average Bonchev–Trinajstić information content (AvgIpc) is 2.14. The van der Waals surface area contributed by atoms with E-state index in [1.54, 1.807) is 0 Å². The summed E-state index contributed by atoms with van der Waals surface area (Å²) in [6.45, 7) is 3.14. The molecule has 92 valence electrons. The van der Waals surface area contributed by atoms with Crippen LogP contribution in [-0.2, 0) is 19.7 Å². The van der Waals surface area contributed by atoms with Crippen molar-refractivity contribution in [1.82, 2.24) is 0 Å². The lowest BCUT2D eigenvalue weighted by molar-refractivity contribution is -0.137. The van der Waals surface area contributed by atoms with Gasteiger partial charge in [0.05, 0.1) is 5.57 Å². The second-order valence-corrected chi connectivity index (χ2v) is 4.83. The summed E-state index contributed by atoms with van der Waals surface area (Å²) in [7, 11) is -5.09. The van der Waals surface area contributed by atoms with E-state index in [0.29, 0.717) is 6.08 Å². The van der Waals surface area contributed by atoms with Crippen LogP contribution in [0, 0.1) is 0 Å². The van der Waals surface area contributed by atoms with Gasteiger partial charge in [0.25, 0.3) is 10.1 Å². The normalized spacial score (nSPS) is 24.3. The van der Waals surface area contributed by atoms with Gasteiger partial charge in [0.15, 0.2) is 0 Å². The number of hydrogen-bond acceptors (Lipinski definition) is 4. The Kier molecular flexibility index (Phi) is 2.96. The van der Waals surface area contributed by atoms with Gasteiger partial charge in [0.2, 0.25) is 4.75 Å². The monoisotopic (exact) mass is 260 g/mol. The van der Waals surface area contributed by atoms with E-state index >= 15 is 0 Å². The first kappa shape index (κ1) is 13.1. The highest BCUT2D eigenvalue weighted by Crippen LogP contribution is 2.35. The Labute approximate surface area is 96.1 Å². The highest BCUT2D eigenvalue weighted by Gasteiger charge is 2.53. The molecule has 3 N–H and O–H groups in total. The van der Waals surface area contributed by atoms with Gasteiger partial charge in [-0.3, -0.25) is 4.55 Å². The Morgan fingerprint density at radius 3 is 2.18 bits per heavy atom. The second-order valence-electron chi connectivity index (χ2n) is 3.24. The molecule has 0 radical (unpaired) electrons. The highest BCUT2D eigenvalue weighted by molar-refractivity contribution is 7.88. The van der Waals surface area contributed by atoms with Crippen LogP contribution in [0.15, 0.2) is 36.0 Å². The van der Waals surface area contributed by atoms with Crippen LogP contribution in [0.1, 0.15) is 0 Å². The molecule has 0 saturated heterocycles. The molecule has 0 aromatic carbocycles. The third-order valence-electron chi connectivity index (χ3n) is 2.32. The number of carboxylic acids is 2. The van der Waals surface area contributed by atoms with Crippen LogP contribution in [0.25, 0.3) is 0 Å². The Morgan fingerprint density at radius 1 is 1.29 bits per heavy atom. The van der Waals surface area contributed by atoms with Gasteiger partial charge in [0, 0.05) is 0 Å². The Morgan fingerprint density at radius 2 is 1.82 bits per heavy atom. The first-order chi connectivity index (χ1) is 7.64. The molecule has 1 rings (SSSR count). The third kappa shape index (κ3) is 1.77. The standard InChI is InChI=1S/C9H8O7S/c1-5-6(7(10)11)3-2-4-9(5,8(12)13)17(14,15)16/h2-4H,1H2,(H,10,11)(H,12,13)(H,14,15,16). The van der Waals surface area contributed by atoms with Crippen LogP contribution in [0.4, 0.5) is 0 Å². The molecule has 0 aromatic rings. The summed E-state index contributed by atoms with van der Waals surface area (Å²) in [5, 5.41) is 17.7. The fourth-order valence-corrected chi connectivity index (χ4v) is 2.33. The van der Waals surface area contributed by atoms with Gasteiger partial charge in [-0.05, 0) is 17.7 Å². The van der Waals surface area contributed by atoms with E-state index in [1.165, 1.54) is 0 Å². The fraction of sp³-hybridized carbons (Fsp3) is 0.111. The molecule has 0 amide bonds. The second kappa shape index (κ2) is 3.82. The molecule has 17 heavy (non-hydrogen) atoms. The predicted molar refractivity (Wildman–Crippen MR) is 55.9 cm³/mol. The molecule has 1 aliphatic rings. The van der Waals surface area contributed by atoms with Crippen molar-refractivity contribution in [1.29, 1.82) is 0 Å². The number of carbonyl (C=O) groups is 2. The van der Waals surface area contributed by atoms with Crippen molar-refractivity contribution in [3.63, 3.8) is 0 Å². The third-order valence-corrected chi connectivity index (χ3v) is 3.69. The van der Waals surface area contributed by atoms with Crippen molar-refractivity contribution in [2.75, 3.05) is 0 Å². The number of rotatable bonds is 3. The van der Waals surface area contributed by atoms with Crippen LogP contribution >= 0.6 is 0 Å². The first-order valence-corrected chi connectivity index (χ1v) is 5.61. The zero-order chi connectivity index (χ0) is 13.4. The number of carboxylic acid groups (broad SMARTS) is 2. The molecule has 0 bridgehead atoms. The lowest BCUT2D eigenvalue weighted by Gasteiger charge is -2.27. The number of hydrogen-bond donors (Lipinski definition) is 3. The van der Waals surface area contributed by atoms with Gasteiger partial charge in [-0.2, -0.15) is 8.42 Å². The summed E-state index contributed by atoms with van der Waals surface area (Å²) in [6, 6.07) is 0. The maximum Gasteiger partial charge on any atom is 0.336 e. The smallest absolute Gasteiger partial charge is 0.336 e. The van der Waals surface area contributed by atoms with Gasteiger partial charge in [-0.1, -0.05) is 12.7 Å². The molecule has 0 saturated carbocycles. The van der Waals surface area contributed by atoms with Gasteiger partial charge >= 0.3 is 11.9 Å². The summed E-state index contributed by atoms with van der Waals surface area (Å²) in [4.78, 5) is 21.8. The van der Waals surface area contributed by atoms with Crippen molar-refractivity contribution in [3.8, 4) is 0 Å². The number of aliphatic carboxylic acids is 2. The predicted octanol–water partition coefficient (Wildman–Crippen LogP) is -0.165. The average molecular weight is 260 g/mol. The zero-order valence-corrected chi connectivity index (χ0v) is 9.14. The Bertz CT molecular complexity index is 566.